The van der Waals surface area contributed by atoms with E-state index >= 15 is 0 Å². The van der Waals surface area contributed by atoms with E-state index in [-0.39, 0.29) is 29.3 Å². The van der Waals surface area contributed by atoms with Crippen LogP contribution in [0.2, 0.25) is 0 Å². The molecule has 0 spiro atoms. The summed E-state index contributed by atoms with van der Waals surface area (Å²) in [5, 5.41) is 3.23. The molecule has 2 aromatic heterocycles. The summed E-state index contributed by atoms with van der Waals surface area (Å²) >= 11 is 0. The number of rotatable bonds is 2. The Morgan fingerprint density at radius 2 is 1.93 bits per heavy atom. The van der Waals surface area contributed by atoms with Crippen molar-refractivity contribution in [3.63, 3.8) is 0 Å². The third-order valence-electron chi connectivity index (χ3n) is 6.54. The molecule has 1 aliphatic carbocycles. The van der Waals surface area contributed by atoms with Gasteiger partial charge in [0, 0.05) is 36.1 Å². The molecular formula is C22H29N5O3. The summed E-state index contributed by atoms with van der Waals surface area (Å²) in [6.45, 7) is 7.40. The van der Waals surface area contributed by atoms with E-state index in [1.165, 1.54) is 4.52 Å². The summed E-state index contributed by atoms with van der Waals surface area (Å²) in [5.74, 6) is 0.506. The zero-order chi connectivity index (χ0) is 21.2. The van der Waals surface area contributed by atoms with Gasteiger partial charge in [-0.3, -0.25) is 19.5 Å². The van der Waals surface area contributed by atoms with Crippen molar-refractivity contribution in [2.24, 2.45) is 11.3 Å². The van der Waals surface area contributed by atoms with Crippen LogP contribution >= 0.6 is 0 Å². The first-order valence-corrected chi connectivity index (χ1v) is 11.0. The van der Waals surface area contributed by atoms with Crippen LogP contribution in [0, 0.1) is 11.3 Å². The van der Waals surface area contributed by atoms with Gasteiger partial charge in [-0.15, -0.1) is 0 Å². The number of likely N-dealkylation sites (tertiary alicyclic amines) is 1. The number of carbonyl (C=O) groups is 2. The molecule has 0 radical (unpaired) electrons. The molecule has 1 atom stereocenters. The van der Waals surface area contributed by atoms with Gasteiger partial charge in [0.1, 0.15) is 0 Å². The van der Waals surface area contributed by atoms with Crippen LogP contribution in [0.5, 0.6) is 0 Å². The average Bonchev–Trinajstić information content (AvgIpc) is 3.28. The number of aromatic amines is 1. The Morgan fingerprint density at radius 3 is 2.63 bits per heavy atom. The van der Waals surface area contributed by atoms with Crippen LogP contribution in [-0.2, 0) is 22.6 Å². The van der Waals surface area contributed by atoms with E-state index in [4.69, 9.17) is 4.98 Å². The molecule has 2 aromatic rings. The van der Waals surface area contributed by atoms with Crippen molar-refractivity contribution in [3.8, 4) is 0 Å². The highest BCUT2D eigenvalue weighted by molar-refractivity contribution is 5.82. The second-order valence-corrected chi connectivity index (χ2v) is 9.94. The standard InChI is InChI=1S/C22H29N5O3/c1-22(2,3)21(30)25-10-8-14-16(12-25)23-18-11-15(24-27(18)20(14)29)17-5-4-9-26(17)19(28)13-6-7-13/h11,13,17,24H,4-10,12H2,1-3H3/t17-/m1/s1. The van der Waals surface area contributed by atoms with Crippen LogP contribution in [0.4, 0.5) is 0 Å². The second-order valence-electron chi connectivity index (χ2n) is 9.94. The Morgan fingerprint density at radius 1 is 1.17 bits per heavy atom. The highest BCUT2D eigenvalue weighted by Gasteiger charge is 2.39. The zero-order valence-electron chi connectivity index (χ0n) is 17.9. The minimum Gasteiger partial charge on any atom is -0.336 e. The number of H-pyrrole nitrogens is 1. The van der Waals surface area contributed by atoms with Crippen molar-refractivity contribution in [2.75, 3.05) is 13.1 Å². The minimum absolute atomic E-state index is 0.0183. The van der Waals surface area contributed by atoms with Crippen LogP contribution < -0.4 is 5.56 Å². The van der Waals surface area contributed by atoms with E-state index in [0.29, 0.717) is 36.4 Å². The molecule has 2 amide bonds. The van der Waals surface area contributed by atoms with Crippen molar-refractivity contribution < 1.29 is 9.59 Å². The number of carbonyl (C=O) groups excluding carboxylic acids is 2. The highest BCUT2D eigenvalue weighted by atomic mass is 16.2. The Balaban J connectivity index is 1.48. The highest BCUT2D eigenvalue weighted by Crippen LogP contribution is 2.38. The zero-order valence-corrected chi connectivity index (χ0v) is 17.9. The first-order valence-electron chi connectivity index (χ1n) is 11.0. The lowest BCUT2D eigenvalue weighted by Crippen LogP contribution is -2.44. The first kappa shape index (κ1) is 19.3. The molecule has 0 aromatic carbocycles. The maximum Gasteiger partial charge on any atom is 0.276 e. The smallest absolute Gasteiger partial charge is 0.276 e. The average molecular weight is 412 g/mol. The largest absolute Gasteiger partial charge is 0.336 e. The molecule has 1 N–H and O–H groups in total. The van der Waals surface area contributed by atoms with Crippen molar-refractivity contribution in [1.29, 1.82) is 0 Å². The summed E-state index contributed by atoms with van der Waals surface area (Å²) < 4.78 is 1.51. The van der Waals surface area contributed by atoms with Gasteiger partial charge in [0.2, 0.25) is 11.8 Å². The van der Waals surface area contributed by atoms with Crippen LogP contribution in [0.1, 0.15) is 69.4 Å². The summed E-state index contributed by atoms with van der Waals surface area (Å²) in [6, 6.07) is 1.88. The molecule has 8 heteroatoms. The second kappa shape index (κ2) is 6.68. The van der Waals surface area contributed by atoms with E-state index in [9.17, 15) is 14.4 Å². The van der Waals surface area contributed by atoms with Gasteiger partial charge in [-0.05, 0) is 32.1 Å². The van der Waals surface area contributed by atoms with Gasteiger partial charge >= 0.3 is 0 Å². The van der Waals surface area contributed by atoms with E-state index in [1.807, 2.05) is 31.7 Å². The Kier molecular flexibility index (Phi) is 4.31. The molecule has 3 aliphatic rings. The molecule has 160 valence electrons. The molecule has 4 heterocycles. The van der Waals surface area contributed by atoms with Gasteiger partial charge in [-0.25, -0.2) is 9.50 Å². The van der Waals surface area contributed by atoms with E-state index in [2.05, 4.69) is 5.10 Å². The van der Waals surface area contributed by atoms with Crippen LogP contribution in [0.3, 0.4) is 0 Å². The minimum atomic E-state index is -0.460. The third kappa shape index (κ3) is 3.13. The number of nitrogens with zero attached hydrogens (tertiary/aromatic N) is 4. The fourth-order valence-corrected chi connectivity index (χ4v) is 4.75. The van der Waals surface area contributed by atoms with E-state index in [0.717, 1.165) is 37.9 Å². The van der Waals surface area contributed by atoms with Gasteiger partial charge in [-0.1, -0.05) is 20.8 Å². The molecule has 5 rings (SSSR count). The molecule has 1 saturated carbocycles. The van der Waals surface area contributed by atoms with Gasteiger partial charge in [-0.2, -0.15) is 0 Å². The molecular weight excluding hydrogens is 382 g/mol. The number of nitrogens with one attached hydrogen (secondary N) is 1. The predicted octanol–water partition coefficient (Wildman–Crippen LogP) is 2.03. The quantitative estimate of drug-likeness (QED) is 0.819. The predicted molar refractivity (Wildman–Crippen MR) is 111 cm³/mol. The Bertz CT molecular complexity index is 1090. The topological polar surface area (TPSA) is 90.8 Å². The fourth-order valence-electron chi connectivity index (χ4n) is 4.75. The molecule has 0 bridgehead atoms. The normalized spacial score (nSPS) is 21.9. The van der Waals surface area contributed by atoms with Crippen LogP contribution in [-0.4, -0.2) is 49.3 Å². The molecule has 0 unspecified atom stereocenters. The summed E-state index contributed by atoms with van der Waals surface area (Å²) in [5.41, 5.74) is 2.24. The molecule has 8 nitrogen and oxygen atoms in total. The van der Waals surface area contributed by atoms with Crippen molar-refractivity contribution in [2.45, 2.75) is 65.5 Å². The number of amides is 2. The maximum atomic E-state index is 13.1. The Labute approximate surface area is 175 Å². The number of aromatic nitrogens is 3. The molecule has 1 saturated heterocycles. The maximum absolute atomic E-state index is 13.1. The van der Waals surface area contributed by atoms with Gasteiger partial charge in [0.05, 0.1) is 24.0 Å². The van der Waals surface area contributed by atoms with Crippen molar-refractivity contribution in [1.82, 2.24) is 24.4 Å². The number of fused-ring (bicyclic) bond motifs is 2. The molecule has 2 fully saturated rings. The van der Waals surface area contributed by atoms with E-state index in [1.54, 1.807) is 4.90 Å². The van der Waals surface area contributed by atoms with Crippen LogP contribution in [0.15, 0.2) is 10.9 Å². The van der Waals surface area contributed by atoms with E-state index < -0.39 is 5.41 Å². The first-order chi connectivity index (χ1) is 14.2. The Hall–Kier alpha value is -2.64. The van der Waals surface area contributed by atoms with Crippen LogP contribution in [0.25, 0.3) is 5.65 Å². The van der Waals surface area contributed by atoms with Gasteiger partial charge in [0.25, 0.3) is 5.56 Å². The molecule has 30 heavy (non-hydrogen) atoms. The summed E-state index contributed by atoms with van der Waals surface area (Å²) in [4.78, 5) is 47.0. The fraction of sp³-hybridized carbons (Fsp3) is 0.636. The summed E-state index contributed by atoms with van der Waals surface area (Å²) in [7, 11) is 0. The molecule has 2 aliphatic heterocycles. The van der Waals surface area contributed by atoms with Gasteiger partial charge < -0.3 is 9.80 Å². The number of hydrogen-bond donors (Lipinski definition) is 1. The lowest BCUT2D eigenvalue weighted by atomic mass is 9.93. The third-order valence-corrected chi connectivity index (χ3v) is 6.54. The number of hydrogen-bond acceptors (Lipinski definition) is 4. The van der Waals surface area contributed by atoms with Crippen molar-refractivity contribution in [3.05, 3.63) is 33.4 Å². The SMILES string of the molecule is CC(C)(C)C(=O)N1CCc2c(nc3cc([C@H]4CCCN4C(=O)C4CC4)[nH]n3c2=O)C1. The lowest BCUT2D eigenvalue weighted by Gasteiger charge is -2.32. The summed E-state index contributed by atoms with van der Waals surface area (Å²) in [6.07, 6.45) is 4.36. The van der Waals surface area contributed by atoms with Gasteiger partial charge in [0.15, 0.2) is 5.65 Å². The lowest BCUT2D eigenvalue weighted by molar-refractivity contribution is -0.140. The monoisotopic (exact) mass is 411 g/mol. The van der Waals surface area contributed by atoms with Crippen molar-refractivity contribution >= 4 is 17.5 Å².